The molecule has 0 aromatic heterocycles. The molecular formula is C27H25N3. The number of benzene rings is 4. The minimum absolute atomic E-state index is 1.06. The predicted octanol–water partition coefficient (Wildman–Crippen LogP) is 6.12. The second-order valence-corrected chi connectivity index (χ2v) is 8.20. The zero-order valence-electron chi connectivity index (χ0n) is 17.8. The van der Waals surface area contributed by atoms with Crippen LogP contribution in [0.4, 0.5) is 17.1 Å². The second kappa shape index (κ2) is 7.03. The van der Waals surface area contributed by atoms with Gasteiger partial charge in [-0.25, -0.2) is 4.99 Å². The Kier molecular flexibility index (Phi) is 4.32. The van der Waals surface area contributed by atoms with Gasteiger partial charge in [0.2, 0.25) is 0 Å². The fourth-order valence-corrected chi connectivity index (χ4v) is 4.19. The molecular weight excluding hydrogens is 366 g/mol. The normalized spacial score (nSPS) is 12.2. The minimum atomic E-state index is 1.06. The zero-order chi connectivity index (χ0) is 20.8. The van der Waals surface area contributed by atoms with Crippen molar-refractivity contribution in [3.05, 3.63) is 90.0 Å². The molecule has 3 nitrogen and oxygen atoms in total. The van der Waals surface area contributed by atoms with E-state index < -0.39 is 0 Å². The first-order chi connectivity index (χ1) is 14.5. The van der Waals surface area contributed by atoms with Crippen LogP contribution in [0.15, 0.2) is 83.9 Å². The van der Waals surface area contributed by atoms with Crippen molar-refractivity contribution in [1.82, 2.24) is 0 Å². The van der Waals surface area contributed by atoms with E-state index >= 15 is 0 Å². The Labute approximate surface area is 177 Å². The molecule has 30 heavy (non-hydrogen) atoms. The van der Waals surface area contributed by atoms with Gasteiger partial charge in [-0.05, 0) is 46.8 Å². The first-order valence-electron chi connectivity index (χ1n) is 10.2. The van der Waals surface area contributed by atoms with Gasteiger partial charge in [-0.15, -0.1) is 0 Å². The fourth-order valence-electron chi connectivity index (χ4n) is 4.19. The van der Waals surface area contributed by atoms with E-state index in [1.165, 1.54) is 38.8 Å². The lowest BCUT2D eigenvalue weighted by atomic mass is 9.92. The molecule has 0 atom stereocenters. The van der Waals surface area contributed by atoms with Gasteiger partial charge in [0, 0.05) is 56.1 Å². The summed E-state index contributed by atoms with van der Waals surface area (Å²) >= 11 is 0. The highest BCUT2D eigenvalue weighted by atomic mass is 15.1. The van der Waals surface area contributed by atoms with Gasteiger partial charge in [0.1, 0.15) is 0 Å². The summed E-state index contributed by atoms with van der Waals surface area (Å²) in [6.07, 6.45) is 0. The molecule has 0 aliphatic carbocycles. The molecule has 0 spiro atoms. The smallest absolute Gasteiger partial charge is 0.0788 e. The highest BCUT2D eigenvalue weighted by Gasteiger charge is 2.21. The van der Waals surface area contributed by atoms with Crippen LogP contribution in [0.25, 0.3) is 21.9 Å². The van der Waals surface area contributed by atoms with Crippen molar-refractivity contribution in [3.63, 3.8) is 0 Å². The summed E-state index contributed by atoms with van der Waals surface area (Å²) in [7, 11) is 8.26. The van der Waals surface area contributed by atoms with Crippen molar-refractivity contribution >= 4 is 33.5 Å². The first-order valence-corrected chi connectivity index (χ1v) is 10.2. The molecule has 1 aliphatic rings. The van der Waals surface area contributed by atoms with Crippen LogP contribution >= 0.6 is 0 Å². The summed E-state index contributed by atoms with van der Waals surface area (Å²) in [6, 6.07) is 28.3. The van der Waals surface area contributed by atoms with Crippen LogP contribution < -0.4 is 9.80 Å². The predicted molar refractivity (Wildman–Crippen MR) is 130 cm³/mol. The second-order valence-electron chi connectivity index (χ2n) is 8.20. The zero-order valence-corrected chi connectivity index (χ0v) is 17.8. The van der Waals surface area contributed by atoms with Crippen LogP contribution in [0.5, 0.6) is 0 Å². The quantitative estimate of drug-likeness (QED) is 0.367. The third-order valence-corrected chi connectivity index (χ3v) is 5.86. The largest absolute Gasteiger partial charge is 0.378 e. The Morgan fingerprint density at radius 1 is 0.567 bits per heavy atom. The standard InChI is InChI=1S/C27H25N3/c1-29(2)20-12-8-18(9-13-20)22-16-17-24-26-23(22)6-5-7-25(26)28-27(24)19-10-14-21(15-11-19)30(3)4/h5-17H,1-4H3. The number of hydrogen-bond donors (Lipinski definition) is 0. The maximum Gasteiger partial charge on any atom is 0.0788 e. The van der Waals surface area contributed by atoms with Crippen molar-refractivity contribution < 1.29 is 0 Å². The van der Waals surface area contributed by atoms with E-state index in [0.29, 0.717) is 0 Å². The topological polar surface area (TPSA) is 18.8 Å². The SMILES string of the molecule is CN(C)c1ccc(C2=Nc3cccc4c(-c5ccc(N(C)C)cc5)ccc2c34)cc1. The highest BCUT2D eigenvalue weighted by molar-refractivity contribution is 6.27. The number of anilines is 2. The number of aliphatic imine (C=N–C) groups is 1. The molecule has 5 rings (SSSR count). The Hall–Kier alpha value is -3.59. The van der Waals surface area contributed by atoms with Gasteiger partial charge in [-0.2, -0.15) is 0 Å². The van der Waals surface area contributed by atoms with Gasteiger partial charge in [0.25, 0.3) is 0 Å². The van der Waals surface area contributed by atoms with E-state index in [0.717, 1.165) is 17.0 Å². The third-order valence-electron chi connectivity index (χ3n) is 5.86. The van der Waals surface area contributed by atoms with Crippen molar-refractivity contribution in [2.24, 2.45) is 4.99 Å². The molecule has 0 saturated heterocycles. The van der Waals surface area contributed by atoms with Gasteiger partial charge < -0.3 is 9.80 Å². The van der Waals surface area contributed by atoms with Crippen molar-refractivity contribution in [1.29, 1.82) is 0 Å². The molecule has 0 amide bonds. The molecule has 0 unspecified atom stereocenters. The summed E-state index contributed by atoms with van der Waals surface area (Å²) in [5.41, 5.74) is 9.36. The van der Waals surface area contributed by atoms with E-state index in [-0.39, 0.29) is 0 Å². The van der Waals surface area contributed by atoms with Crippen molar-refractivity contribution in [2.75, 3.05) is 38.0 Å². The van der Waals surface area contributed by atoms with Crippen LogP contribution in [-0.2, 0) is 0 Å². The van der Waals surface area contributed by atoms with Gasteiger partial charge >= 0.3 is 0 Å². The van der Waals surface area contributed by atoms with Crippen LogP contribution in [0.2, 0.25) is 0 Å². The molecule has 148 valence electrons. The summed E-state index contributed by atoms with van der Waals surface area (Å²) in [4.78, 5) is 9.25. The average molecular weight is 392 g/mol. The summed E-state index contributed by atoms with van der Waals surface area (Å²) in [6.45, 7) is 0. The number of hydrogen-bond acceptors (Lipinski definition) is 3. The van der Waals surface area contributed by atoms with Crippen molar-refractivity contribution in [3.8, 4) is 11.1 Å². The maximum atomic E-state index is 5.01. The molecule has 0 radical (unpaired) electrons. The number of nitrogens with zero attached hydrogens (tertiary/aromatic N) is 3. The van der Waals surface area contributed by atoms with E-state index in [1.807, 2.05) is 0 Å². The maximum absolute atomic E-state index is 5.01. The molecule has 4 aromatic rings. The fraction of sp³-hybridized carbons (Fsp3) is 0.148. The van der Waals surface area contributed by atoms with Crippen LogP contribution in [0.3, 0.4) is 0 Å². The number of rotatable bonds is 4. The first kappa shape index (κ1) is 18.4. The molecule has 4 aromatic carbocycles. The summed E-state index contributed by atoms with van der Waals surface area (Å²) in [5, 5.41) is 2.50. The third kappa shape index (κ3) is 2.94. The van der Waals surface area contributed by atoms with E-state index in [9.17, 15) is 0 Å². The van der Waals surface area contributed by atoms with Crippen LogP contribution in [0, 0.1) is 0 Å². The molecule has 0 bridgehead atoms. The summed E-state index contributed by atoms with van der Waals surface area (Å²) < 4.78 is 0. The van der Waals surface area contributed by atoms with E-state index in [1.54, 1.807) is 0 Å². The van der Waals surface area contributed by atoms with Gasteiger partial charge in [0.15, 0.2) is 0 Å². The molecule has 0 fully saturated rings. The van der Waals surface area contributed by atoms with E-state index in [2.05, 4.69) is 117 Å². The lowest BCUT2D eigenvalue weighted by Crippen LogP contribution is -2.09. The van der Waals surface area contributed by atoms with Crippen LogP contribution in [0.1, 0.15) is 11.1 Å². The molecule has 1 heterocycles. The van der Waals surface area contributed by atoms with Gasteiger partial charge in [-0.3, -0.25) is 0 Å². The Bertz CT molecular complexity index is 1260. The Morgan fingerprint density at radius 3 is 1.73 bits per heavy atom. The molecule has 0 N–H and O–H groups in total. The van der Waals surface area contributed by atoms with E-state index in [4.69, 9.17) is 4.99 Å². The molecule has 0 saturated carbocycles. The lowest BCUT2D eigenvalue weighted by Gasteiger charge is -2.14. The van der Waals surface area contributed by atoms with Gasteiger partial charge in [-0.1, -0.05) is 48.5 Å². The Balaban J connectivity index is 1.61. The molecule has 3 heteroatoms. The summed E-state index contributed by atoms with van der Waals surface area (Å²) in [5.74, 6) is 0. The lowest BCUT2D eigenvalue weighted by molar-refractivity contribution is 1.13. The van der Waals surface area contributed by atoms with Crippen molar-refractivity contribution in [2.45, 2.75) is 0 Å². The minimum Gasteiger partial charge on any atom is -0.378 e. The Morgan fingerprint density at radius 2 is 1.13 bits per heavy atom. The average Bonchev–Trinajstić information content (AvgIpc) is 3.14. The van der Waals surface area contributed by atoms with Gasteiger partial charge in [0.05, 0.1) is 11.4 Å². The van der Waals surface area contributed by atoms with Crippen LogP contribution in [-0.4, -0.2) is 33.9 Å². The highest BCUT2D eigenvalue weighted by Crippen LogP contribution is 2.41. The monoisotopic (exact) mass is 391 g/mol. The molecule has 1 aliphatic heterocycles.